The van der Waals surface area contributed by atoms with Gasteiger partial charge in [-0.05, 0) is 42.9 Å². The minimum atomic E-state index is 0.233. The summed E-state index contributed by atoms with van der Waals surface area (Å²) in [7, 11) is 1.66. The number of hydrogen-bond donors (Lipinski definition) is 0. The molecule has 1 amide bonds. The Bertz CT molecular complexity index is 749. The molecule has 0 aliphatic carbocycles. The number of benzene rings is 1. The summed E-state index contributed by atoms with van der Waals surface area (Å²) in [4.78, 5) is 19.0. The first-order valence-corrected chi connectivity index (χ1v) is 9.78. The van der Waals surface area contributed by atoms with E-state index in [1.807, 2.05) is 29.2 Å². The van der Waals surface area contributed by atoms with Crippen LogP contribution in [0.1, 0.15) is 56.3 Å². The molecular formula is C21H29N3O3. The van der Waals surface area contributed by atoms with E-state index in [1.165, 1.54) is 0 Å². The number of aryl methyl sites for hydroxylation is 1. The number of amides is 1. The van der Waals surface area contributed by atoms with Crippen LogP contribution in [-0.2, 0) is 17.6 Å². The van der Waals surface area contributed by atoms with Crippen LogP contribution < -0.4 is 4.74 Å². The average Bonchev–Trinajstić information content (AvgIpc) is 3.16. The Balaban J connectivity index is 1.43. The van der Waals surface area contributed by atoms with Crippen LogP contribution in [0.2, 0.25) is 0 Å². The van der Waals surface area contributed by atoms with Gasteiger partial charge in [0.15, 0.2) is 5.82 Å². The third kappa shape index (κ3) is 5.31. The lowest BCUT2D eigenvalue weighted by molar-refractivity contribution is -0.132. The molecule has 146 valence electrons. The molecule has 1 aromatic heterocycles. The summed E-state index contributed by atoms with van der Waals surface area (Å²) in [5.74, 6) is 3.36. The number of piperidine rings is 1. The first-order valence-electron chi connectivity index (χ1n) is 9.78. The quantitative estimate of drug-likeness (QED) is 0.744. The van der Waals surface area contributed by atoms with E-state index in [2.05, 4.69) is 24.0 Å². The molecule has 6 nitrogen and oxygen atoms in total. The van der Waals surface area contributed by atoms with Crippen LogP contribution in [0.25, 0.3) is 0 Å². The van der Waals surface area contributed by atoms with Crippen LogP contribution in [0.4, 0.5) is 0 Å². The van der Waals surface area contributed by atoms with E-state index in [0.717, 1.165) is 61.8 Å². The van der Waals surface area contributed by atoms with E-state index in [1.54, 1.807) is 7.11 Å². The second-order valence-electron chi connectivity index (χ2n) is 7.58. The van der Waals surface area contributed by atoms with E-state index in [9.17, 15) is 4.79 Å². The minimum Gasteiger partial charge on any atom is -0.497 e. The number of ether oxygens (including phenoxy) is 1. The third-order valence-corrected chi connectivity index (χ3v) is 5.19. The predicted octanol–water partition coefficient (Wildman–Crippen LogP) is 3.62. The van der Waals surface area contributed by atoms with Gasteiger partial charge >= 0.3 is 0 Å². The average molecular weight is 371 g/mol. The highest BCUT2D eigenvalue weighted by molar-refractivity contribution is 5.76. The molecule has 0 spiro atoms. The maximum atomic E-state index is 12.5. The van der Waals surface area contributed by atoms with Crippen molar-refractivity contribution < 1.29 is 14.1 Å². The summed E-state index contributed by atoms with van der Waals surface area (Å²) in [6, 6.07) is 7.92. The molecule has 6 heteroatoms. The van der Waals surface area contributed by atoms with Crippen LogP contribution in [-0.4, -0.2) is 41.1 Å². The molecule has 27 heavy (non-hydrogen) atoms. The number of rotatable bonds is 7. The van der Waals surface area contributed by atoms with Gasteiger partial charge in [-0.15, -0.1) is 0 Å². The fraction of sp³-hybridized carbons (Fsp3) is 0.571. The predicted molar refractivity (Wildman–Crippen MR) is 103 cm³/mol. The molecule has 0 saturated carbocycles. The Morgan fingerprint density at radius 3 is 2.78 bits per heavy atom. The van der Waals surface area contributed by atoms with Crippen molar-refractivity contribution >= 4 is 5.91 Å². The Hall–Kier alpha value is -2.37. The molecule has 1 aromatic carbocycles. The lowest BCUT2D eigenvalue weighted by Gasteiger charge is -2.31. The first-order chi connectivity index (χ1) is 13.0. The highest BCUT2D eigenvalue weighted by Crippen LogP contribution is 2.23. The van der Waals surface area contributed by atoms with Crippen LogP contribution >= 0.6 is 0 Å². The number of carbonyl (C=O) groups excluding carboxylic acids is 1. The van der Waals surface area contributed by atoms with Crippen molar-refractivity contribution in [3.63, 3.8) is 0 Å². The first kappa shape index (κ1) is 19.4. The number of carbonyl (C=O) groups is 1. The van der Waals surface area contributed by atoms with Crippen molar-refractivity contribution in [1.82, 2.24) is 15.0 Å². The molecule has 2 heterocycles. The van der Waals surface area contributed by atoms with Crippen molar-refractivity contribution in [2.75, 3.05) is 20.2 Å². The minimum absolute atomic E-state index is 0.233. The van der Waals surface area contributed by atoms with Crippen molar-refractivity contribution in [2.45, 2.75) is 51.9 Å². The zero-order valence-electron chi connectivity index (χ0n) is 16.5. The summed E-state index contributed by atoms with van der Waals surface area (Å²) in [6.45, 7) is 5.74. The molecule has 1 aliphatic heterocycles. The van der Waals surface area contributed by atoms with Crippen molar-refractivity contribution in [3.05, 3.63) is 41.5 Å². The zero-order chi connectivity index (χ0) is 19.2. The lowest BCUT2D eigenvalue weighted by Crippen LogP contribution is -2.39. The molecule has 1 saturated heterocycles. The topological polar surface area (TPSA) is 68.5 Å². The summed E-state index contributed by atoms with van der Waals surface area (Å²) in [5.41, 5.74) is 1.13. The van der Waals surface area contributed by atoms with E-state index in [0.29, 0.717) is 12.3 Å². The van der Waals surface area contributed by atoms with Gasteiger partial charge in [-0.1, -0.05) is 31.1 Å². The number of hydrogen-bond acceptors (Lipinski definition) is 5. The van der Waals surface area contributed by atoms with Gasteiger partial charge < -0.3 is 14.2 Å². The molecule has 1 fully saturated rings. The molecule has 0 N–H and O–H groups in total. The normalized spacial score (nSPS) is 15.3. The van der Waals surface area contributed by atoms with E-state index < -0.39 is 0 Å². The van der Waals surface area contributed by atoms with Gasteiger partial charge in [0.2, 0.25) is 11.8 Å². The Morgan fingerprint density at radius 1 is 1.33 bits per heavy atom. The van der Waals surface area contributed by atoms with Crippen molar-refractivity contribution in [1.29, 1.82) is 0 Å². The van der Waals surface area contributed by atoms with Gasteiger partial charge in [-0.3, -0.25) is 4.79 Å². The monoisotopic (exact) mass is 371 g/mol. The van der Waals surface area contributed by atoms with Crippen molar-refractivity contribution in [2.24, 2.45) is 5.92 Å². The van der Waals surface area contributed by atoms with E-state index in [-0.39, 0.29) is 11.8 Å². The van der Waals surface area contributed by atoms with Gasteiger partial charge in [0.1, 0.15) is 5.75 Å². The van der Waals surface area contributed by atoms with E-state index >= 15 is 0 Å². The molecule has 3 rings (SSSR count). The fourth-order valence-electron chi connectivity index (χ4n) is 3.46. The molecule has 0 atom stereocenters. The number of likely N-dealkylation sites (tertiary alicyclic amines) is 1. The van der Waals surface area contributed by atoms with Gasteiger partial charge in [-0.25, -0.2) is 0 Å². The molecule has 0 bridgehead atoms. The lowest BCUT2D eigenvalue weighted by atomic mass is 9.93. The summed E-state index contributed by atoms with van der Waals surface area (Å²) in [6.07, 6.45) is 4.08. The number of nitrogens with zero attached hydrogens (tertiary/aromatic N) is 3. The molecule has 2 aromatic rings. The highest BCUT2D eigenvalue weighted by Gasteiger charge is 2.24. The Morgan fingerprint density at radius 2 is 2.11 bits per heavy atom. The van der Waals surface area contributed by atoms with Crippen molar-refractivity contribution in [3.8, 4) is 5.75 Å². The second kappa shape index (κ2) is 9.02. The smallest absolute Gasteiger partial charge is 0.226 e. The van der Waals surface area contributed by atoms with Crippen LogP contribution in [0.5, 0.6) is 5.75 Å². The van der Waals surface area contributed by atoms with E-state index in [4.69, 9.17) is 9.26 Å². The third-order valence-electron chi connectivity index (χ3n) is 5.19. The SMILES string of the molecule is COc1cccc(CCC(=O)N2CCC(Cc3nc(C(C)C)no3)CC2)c1. The summed E-state index contributed by atoms with van der Waals surface area (Å²) < 4.78 is 10.6. The van der Waals surface area contributed by atoms with Gasteiger partial charge in [0.05, 0.1) is 7.11 Å². The largest absolute Gasteiger partial charge is 0.497 e. The maximum Gasteiger partial charge on any atom is 0.226 e. The molecular weight excluding hydrogens is 342 g/mol. The van der Waals surface area contributed by atoms with Gasteiger partial charge in [-0.2, -0.15) is 4.98 Å². The molecule has 0 unspecified atom stereocenters. The standard InChI is InChI=1S/C21H29N3O3/c1-15(2)21-22-19(27-23-21)14-17-9-11-24(12-10-17)20(25)8-7-16-5-4-6-18(13-16)26-3/h4-6,13,15,17H,7-12,14H2,1-3H3. The highest BCUT2D eigenvalue weighted by atomic mass is 16.5. The Kier molecular flexibility index (Phi) is 6.48. The number of methoxy groups -OCH3 is 1. The van der Waals surface area contributed by atoms with Crippen LogP contribution in [0.15, 0.2) is 28.8 Å². The van der Waals surface area contributed by atoms with Gasteiger partial charge in [0, 0.05) is 31.8 Å². The van der Waals surface area contributed by atoms with Gasteiger partial charge in [0.25, 0.3) is 0 Å². The maximum absolute atomic E-state index is 12.5. The zero-order valence-corrected chi connectivity index (χ0v) is 16.5. The molecule has 1 aliphatic rings. The Labute approximate surface area is 160 Å². The van der Waals surface area contributed by atoms with Crippen LogP contribution in [0.3, 0.4) is 0 Å². The second-order valence-corrected chi connectivity index (χ2v) is 7.58. The van der Waals surface area contributed by atoms with Crippen LogP contribution in [0, 0.1) is 5.92 Å². The molecule has 0 radical (unpaired) electrons. The summed E-state index contributed by atoms with van der Waals surface area (Å²) in [5, 5.41) is 4.03. The number of aromatic nitrogens is 2. The fourth-order valence-corrected chi connectivity index (χ4v) is 3.46. The summed E-state index contributed by atoms with van der Waals surface area (Å²) >= 11 is 0.